The summed E-state index contributed by atoms with van der Waals surface area (Å²) in [7, 11) is 2.96. The molecule has 2 atom stereocenters. The highest BCUT2D eigenvalue weighted by Gasteiger charge is 2.42. The topological polar surface area (TPSA) is 73.7 Å². The molecular weight excluding hydrogens is 394 g/mol. The van der Waals surface area contributed by atoms with Crippen LogP contribution in [0, 0.1) is 12.8 Å². The first kappa shape index (κ1) is 20.7. The monoisotopic (exact) mass is 419 g/mol. The minimum Gasteiger partial charge on any atom is -0.494 e. The molecule has 1 fully saturated rings. The van der Waals surface area contributed by atoms with E-state index in [0.717, 1.165) is 22.6 Å². The number of carbonyl (C=O) groups excluding carboxylic acids is 2. The molecule has 1 aliphatic rings. The van der Waals surface area contributed by atoms with Crippen molar-refractivity contribution in [2.45, 2.75) is 19.3 Å². The summed E-state index contributed by atoms with van der Waals surface area (Å²) < 4.78 is 12.5. The van der Waals surface area contributed by atoms with Crippen LogP contribution in [0.2, 0.25) is 0 Å². The third-order valence-corrected chi connectivity index (χ3v) is 5.73. The first-order chi connectivity index (χ1) is 15.0. The Bertz CT molecular complexity index is 1090. The molecule has 2 aromatic carbocycles. The van der Waals surface area contributed by atoms with Crippen molar-refractivity contribution in [2.75, 3.05) is 25.7 Å². The van der Waals surface area contributed by atoms with E-state index in [1.807, 2.05) is 66.2 Å². The Morgan fingerprint density at radius 3 is 2.58 bits per heavy atom. The number of amides is 1. The number of aryl methyl sites for hydroxylation is 1. The van der Waals surface area contributed by atoms with Crippen molar-refractivity contribution in [1.82, 2.24) is 9.55 Å². The molecule has 4 rings (SSSR count). The minimum absolute atomic E-state index is 0.0902. The van der Waals surface area contributed by atoms with Crippen molar-refractivity contribution >= 4 is 17.6 Å². The van der Waals surface area contributed by atoms with E-state index >= 15 is 0 Å². The second-order valence-electron chi connectivity index (χ2n) is 7.58. The van der Waals surface area contributed by atoms with Crippen LogP contribution in [0.25, 0.3) is 5.69 Å². The average Bonchev–Trinajstić information content (AvgIpc) is 3.40. The Hall–Kier alpha value is -3.61. The molecule has 0 radical (unpaired) electrons. The summed E-state index contributed by atoms with van der Waals surface area (Å²) in [6, 6.07) is 15.0. The van der Waals surface area contributed by atoms with Crippen molar-refractivity contribution < 1.29 is 19.1 Å². The summed E-state index contributed by atoms with van der Waals surface area (Å²) in [6.45, 7) is 2.45. The molecule has 3 aromatic rings. The van der Waals surface area contributed by atoms with E-state index < -0.39 is 17.8 Å². The molecular formula is C24H25N3O4. The molecule has 2 unspecified atom stereocenters. The number of ether oxygens (including phenoxy) is 2. The number of nitrogens with zero attached hydrogens (tertiary/aromatic N) is 3. The van der Waals surface area contributed by atoms with E-state index in [1.54, 1.807) is 18.3 Å². The van der Waals surface area contributed by atoms with E-state index in [1.165, 1.54) is 7.11 Å². The number of hydrogen-bond acceptors (Lipinski definition) is 5. The number of carbonyl (C=O) groups is 2. The van der Waals surface area contributed by atoms with Gasteiger partial charge in [-0.1, -0.05) is 30.3 Å². The number of hydrogen-bond donors (Lipinski definition) is 0. The van der Waals surface area contributed by atoms with Crippen LogP contribution < -0.4 is 9.64 Å². The smallest absolute Gasteiger partial charge is 0.313 e. The summed E-state index contributed by atoms with van der Waals surface area (Å²) in [5.74, 6) is -0.948. The lowest BCUT2D eigenvalue weighted by Crippen LogP contribution is -2.32. The quantitative estimate of drug-likeness (QED) is 0.572. The lowest BCUT2D eigenvalue weighted by Gasteiger charge is -2.22. The molecule has 1 aliphatic heterocycles. The molecule has 0 spiro atoms. The van der Waals surface area contributed by atoms with Gasteiger partial charge in [0, 0.05) is 24.5 Å². The summed E-state index contributed by atoms with van der Waals surface area (Å²) in [4.78, 5) is 31.9. The van der Waals surface area contributed by atoms with Gasteiger partial charge in [0.15, 0.2) is 0 Å². The van der Waals surface area contributed by atoms with Crippen molar-refractivity contribution in [3.8, 4) is 11.4 Å². The van der Waals surface area contributed by atoms with Gasteiger partial charge in [0.05, 0.1) is 43.8 Å². The minimum atomic E-state index is -0.626. The Balaban J connectivity index is 1.63. The SMILES string of the molecule is COC(=O)C(c1ccccc1)C1CCN(c2ccc(-n3cnc(C)c3)c(OC)c2)C1=O. The molecule has 31 heavy (non-hydrogen) atoms. The molecule has 0 aliphatic carbocycles. The van der Waals surface area contributed by atoms with Crippen LogP contribution in [-0.2, 0) is 14.3 Å². The van der Waals surface area contributed by atoms with Gasteiger partial charge in [0.1, 0.15) is 5.75 Å². The van der Waals surface area contributed by atoms with Crippen LogP contribution in [0.3, 0.4) is 0 Å². The van der Waals surface area contributed by atoms with Crippen LogP contribution in [0.4, 0.5) is 5.69 Å². The van der Waals surface area contributed by atoms with Crippen molar-refractivity contribution in [3.05, 3.63) is 72.3 Å². The Morgan fingerprint density at radius 2 is 1.94 bits per heavy atom. The molecule has 7 heteroatoms. The first-order valence-corrected chi connectivity index (χ1v) is 10.2. The van der Waals surface area contributed by atoms with Crippen LogP contribution in [0.5, 0.6) is 5.75 Å². The van der Waals surface area contributed by atoms with Gasteiger partial charge in [0.25, 0.3) is 0 Å². The Morgan fingerprint density at radius 1 is 1.16 bits per heavy atom. The number of anilines is 1. The van der Waals surface area contributed by atoms with Gasteiger partial charge in [-0.15, -0.1) is 0 Å². The Kier molecular flexibility index (Phi) is 5.75. The molecule has 160 valence electrons. The maximum atomic E-state index is 13.4. The molecule has 0 N–H and O–H groups in total. The largest absolute Gasteiger partial charge is 0.494 e. The highest BCUT2D eigenvalue weighted by molar-refractivity contribution is 6.01. The lowest BCUT2D eigenvalue weighted by atomic mass is 9.85. The molecule has 0 saturated carbocycles. The zero-order chi connectivity index (χ0) is 22.0. The summed E-state index contributed by atoms with van der Waals surface area (Å²) >= 11 is 0. The van der Waals surface area contributed by atoms with Gasteiger partial charge in [-0.25, -0.2) is 4.98 Å². The standard InChI is InChI=1S/C24H25N3O4/c1-16-14-26(15-25-16)20-10-9-18(13-21(20)30-2)27-12-11-19(23(27)28)22(24(29)31-3)17-7-5-4-6-8-17/h4-10,13-15,19,22H,11-12H2,1-3H3. The van der Waals surface area contributed by atoms with E-state index in [0.29, 0.717) is 18.7 Å². The predicted molar refractivity (Wildman–Crippen MR) is 117 cm³/mol. The van der Waals surface area contributed by atoms with E-state index in [-0.39, 0.29) is 5.91 Å². The fraction of sp³-hybridized carbons (Fsp3) is 0.292. The second kappa shape index (κ2) is 8.63. The van der Waals surface area contributed by atoms with Crippen LogP contribution >= 0.6 is 0 Å². The van der Waals surface area contributed by atoms with Gasteiger partial charge in [-0.05, 0) is 31.0 Å². The van der Waals surface area contributed by atoms with Crippen LogP contribution in [-0.4, -0.2) is 42.2 Å². The number of aromatic nitrogens is 2. The van der Waals surface area contributed by atoms with Gasteiger partial charge in [0.2, 0.25) is 5.91 Å². The fourth-order valence-electron chi connectivity index (χ4n) is 4.19. The predicted octanol–water partition coefficient (Wildman–Crippen LogP) is 3.50. The summed E-state index contributed by atoms with van der Waals surface area (Å²) in [5.41, 5.74) is 3.27. The molecule has 1 amide bonds. The number of benzene rings is 2. The average molecular weight is 419 g/mol. The lowest BCUT2D eigenvalue weighted by molar-refractivity contribution is -0.145. The molecule has 1 saturated heterocycles. The van der Waals surface area contributed by atoms with Gasteiger partial charge < -0.3 is 18.9 Å². The number of methoxy groups -OCH3 is 2. The van der Waals surface area contributed by atoms with E-state index in [4.69, 9.17) is 9.47 Å². The molecule has 2 heterocycles. The van der Waals surface area contributed by atoms with Crippen molar-refractivity contribution in [1.29, 1.82) is 0 Å². The maximum Gasteiger partial charge on any atom is 0.313 e. The molecule has 7 nitrogen and oxygen atoms in total. The first-order valence-electron chi connectivity index (χ1n) is 10.2. The summed E-state index contributed by atoms with van der Waals surface area (Å²) in [5, 5.41) is 0. The van der Waals surface area contributed by atoms with Crippen molar-refractivity contribution in [3.63, 3.8) is 0 Å². The highest BCUT2D eigenvalue weighted by atomic mass is 16.5. The summed E-state index contributed by atoms with van der Waals surface area (Å²) in [6.07, 6.45) is 4.21. The number of esters is 1. The van der Waals surface area contributed by atoms with Gasteiger partial charge in [-0.3, -0.25) is 9.59 Å². The van der Waals surface area contributed by atoms with E-state index in [2.05, 4.69) is 4.98 Å². The third-order valence-electron chi connectivity index (χ3n) is 5.73. The fourth-order valence-corrected chi connectivity index (χ4v) is 4.19. The van der Waals surface area contributed by atoms with Crippen LogP contribution in [0.15, 0.2) is 61.1 Å². The highest BCUT2D eigenvalue weighted by Crippen LogP contribution is 2.38. The molecule has 0 bridgehead atoms. The third kappa shape index (κ3) is 3.91. The Labute approximate surface area is 181 Å². The van der Waals surface area contributed by atoms with Crippen LogP contribution in [0.1, 0.15) is 23.6 Å². The van der Waals surface area contributed by atoms with Crippen molar-refractivity contribution in [2.24, 2.45) is 5.92 Å². The number of rotatable bonds is 6. The van der Waals surface area contributed by atoms with Gasteiger partial charge >= 0.3 is 5.97 Å². The molecule has 1 aromatic heterocycles. The zero-order valence-electron chi connectivity index (χ0n) is 17.8. The second-order valence-corrected chi connectivity index (χ2v) is 7.58. The van der Waals surface area contributed by atoms with Gasteiger partial charge in [-0.2, -0.15) is 0 Å². The zero-order valence-corrected chi connectivity index (χ0v) is 17.8. The van der Waals surface area contributed by atoms with E-state index in [9.17, 15) is 9.59 Å². The maximum absolute atomic E-state index is 13.4. The number of imidazole rings is 1. The normalized spacial score (nSPS) is 16.9.